The zero-order valence-electron chi connectivity index (χ0n) is 8.31. The molecule has 1 aromatic carbocycles. The molecule has 0 saturated carbocycles. The first-order valence-corrected chi connectivity index (χ1v) is 6.83. The average Bonchev–Trinajstić information content (AvgIpc) is 2.54. The SMILES string of the molecule is CCn1oc(=O)c2c(S(=O)(=O)Cl)cccc21. The highest BCUT2D eigenvalue weighted by atomic mass is 35.7. The highest BCUT2D eigenvalue weighted by molar-refractivity contribution is 8.14. The standard InChI is InChI=1S/C9H8ClNO4S/c1-2-11-6-4-3-5-7(16(10,13)14)8(6)9(12)15-11/h3-5H,2H2,1H3. The summed E-state index contributed by atoms with van der Waals surface area (Å²) in [5, 5.41) is -0.000602. The quantitative estimate of drug-likeness (QED) is 0.769. The summed E-state index contributed by atoms with van der Waals surface area (Å²) in [7, 11) is 1.30. The van der Waals surface area contributed by atoms with E-state index in [-0.39, 0.29) is 10.3 Å². The van der Waals surface area contributed by atoms with E-state index < -0.39 is 14.7 Å². The summed E-state index contributed by atoms with van der Waals surface area (Å²) in [5.41, 5.74) is -0.272. The van der Waals surface area contributed by atoms with Gasteiger partial charge >= 0.3 is 5.63 Å². The van der Waals surface area contributed by atoms with Crippen molar-refractivity contribution in [3.8, 4) is 0 Å². The van der Waals surface area contributed by atoms with Gasteiger partial charge in [0.25, 0.3) is 9.05 Å². The van der Waals surface area contributed by atoms with Crippen LogP contribution in [0.4, 0.5) is 0 Å². The molecule has 7 heteroatoms. The number of hydrogen-bond donors (Lipinski definition) is 0. The summed E-state index contributed by atoms with van der Waals surface area (Å²) in [6, 6.07) is 4.40. The molecule has 16 heavy (non-hydrogen) atoms. The van der Waals surface area contributed by atoms with Crippen LogP contribution in [0.2, 0.25) is 0 Å². The molecule has 0 radical (unpaired) electrons. The molecule has 0 aliphatic rings. The van der Waals surface area contributed by atoms with E-state index in [0.29, 0.717) is 12.1 Å². The third kappa shape index (κ3) is 1.64. The molecular weight excluding hydrogens is 254 g/mol. The molecule has 0 aliphatic carbocycles. The molecule has 2 rings (SSSR count). The largest absolute Gasteiger partial charge is 0.366 e. The molecule has 86 valence electrons. The molecule has 1 heterocycles. The second-order valence-electron chi connectivity index (χ2n) is 3.16. The number of benzene rings is 1. The van der Waals surface area contributed by atoms with Crippen LogP contribution in [0.1, 0.15) is 6.92 Å². The van der Waals surface area contributed by atoms with Crippen LogP contribution in [0.25, 0.3) is 10.9 Å². The summed E-state index contributed by atoms with van der Waals surface area (Å²) in [5.74, 6) is 0. The van der Waals surface area contributed by atoms with E-state index in [1.54, 1.807) is 13.0 Å². The van der Waals surface area contributed by atoms with Crippen molar-refractivity contribution in [1.29, 1.82) is 0 Å². The van der Waals surface area contributed by atoms with Crippen molar-refractivity contribution in [3.63, 3.8) is 0 Å². The average molecular weight is 262 g/mol. The lowest BCUT2D eigenvalue weighted by molar-refractivity contribution is 0.270. The Kier molecular flexibility index (Phi) is 2.55. The summed E-state index contributed by atoms with van der Waals surface area (Å²) in [4.78, 5) is 11.3. The Morgan fingerprint density at radius 3 is 2.69 bits per heavy atom. The zero-order chi connectivity index (χ0) is 11.9. The van der Waals surface area contributed by atoms with Gasteiger partial charge in [-0.25, -0.2) is 18.0 Å². The van der Waals surface area contributed by atoms with Gasteiger partial charge in [0.1, 0.15) is 5.39 Å². The van der Waals surface area contributed by atoms with Crippen molar-refractivity contribution in [2.45, 2.75) is 18.4 Å². The van der Waals surface area contributed by atoms with Gasteiger partial charge in [0.05, 0.1) is 17.0 Å². The first-order chi connectivity index (χ1) is 7.45. The Labute approximate surface area is 95.6 Å². The zero-order valence-corrected chi connectivity index (χ0v) is 9.88. The molecule has 0 aliphatic heterocycles. The van der Waals surface area contributed by atoms with Crippen molar-refractivity contribution in [1.82, 2.24) is 4.74 Å². The number of rotatable bonds is 2. The van der Waals surface area contributed by atoms with Crippen LogP contribution in [0.3, 0.4) is 0 Å². The molecule has 0 saturated heterocycles. The van der Waals surface area contributed by atoms with E-state index >= 15 is 0 Å². The predicted octanol–water partition coefficient (Wildman–Crippen LogP) is 1.54. The number of fused-ring (bicyclic) bond motifs is 1. The van der Waals surface area contributed by atoms with Crippen molar-refractivity contribution in [2.24, 2.45) is 0 Å². The third-order valence-corrected chi connectivity index (χ3v) is 3.58. The summed E-state index contributed by atoms with van der Waals surface area (Å²) in [6.45, 7) is 2.22. The maximum Gasteiger partial charge on any atom is 0.366 e. The van der Waals surface area contributed by atoms with E-state index in [1.807, 2.05) is 0 Å². The maximum atomic E-state index is 11.5. The van der Waals surface area contributed by atoms with Gasteiger partial charge in [-0.1, -0.05) is 6.07 Å². The molecule has 0 bridgehead atoms. The molecular formula is C9H8ClNO4S. The summed E-state index contributed by atoms with van der Waals surface area (Å²) < 4.78 is 28.8. The van der Waals surface area contributed by atoms with Gasteiger partial charge in [-0.3, -0.25) is 0 Å². The molecule has 1 aromatic heterocycles. The van der Waals surface area contributed by atoms with E-state index in [0.717, 1.165) is 0 Å². The number of aromatic nitrogens is 1. The van der Waals surface area contributed by atoms with Gasteiger partial charge in [0.2, 0.25) is 0 Å². The summed E-state index contributed by atoms with van der Waals surface area (Å²) in [6.07, 6.45) is 0. The van der Waals surface area contributed by atoms with Crippen LogP contribution in [-0.4, -0.2) is 13.2 Å². The lowest BCUT2D eigenvalue weighted by atomic mass is 10.2. The minimum atomic E-state index is -3.95. The molecule has 0 fully saturated rings. The van der Waals surface area contributed by atoms with Crippen molar-refractivity contribution in [2.75, 3.05) is 0 Å². The Morgan fingerprint density at radius 1 is 1.44 bits per heavy atom. The van der Waals surface area contributed by atoms with Gasteiger partial charge < -0.3 is 4.52 Å². The Morgan fingerprint density at radius 2 is 2.12 bits per heavy atom. The normalized spacial score (nSPS) is 12.1. The fraction of sp³-hybridized carbons (Fsp3) is 0.222. The van der Waals surface area contributed by atoms with Crippen LogP contribution in [0.15, 0.2) is 32.4 Å². The Bertz CT molecular complexity index is 698. The van der Waals surface area contributed by atoms with E-state index in [4.69, 9.17) is 15.2 Å². The minimum absolute atomic E-state index is 0.000602. The fourth-order valence-corrected chi connectivity index (χ4v) is 2.62. The van der Waals surface area contributed by atoms with Crippen LogP contribution >= 0.6 is 10.7 Å². The van der Waals surface area contributed by atoms with Gasteiger partial charge in [0, 0.05) is 10.7 Å². The third-order valence-electron chi connectivity index (χ3n) is 2.22. The van der Waals surface area contributed by atoms with Gasteiger partial charge in [-0.05, 0) is 19.1 Å². The first-order valence-electron chi connectivity index (χ1n) is 4.52. The fourth-order valence-electron chi connectivity index (χ4n) is 1.57. The monoisotopic (exact) mass is 261 g/mol. The van der Waals surface area contributed by atoms with Crippen molar-refractivity contribution >= 4 is 30.6 Å². The van der Waals surface area contributed by atoms with Crippen LogP contribution in [0.5, 0.6) is 0 Å². The second kappa shape index (κ2) is 3.64. The van der Waals surface area contributed by atoms with E-state index in [1.165, 1.54) is 16.9 Å². The minimum Gasteiger partial charge on any atom is -0.335 e. The molecule has 5 nitrogen and oxygen atoms in total. The van der Waals surface area contributed by atoms with E-state index in [2.05, 4.69) is 0 Å². The molecule has 0 amide bonds. The molecule has 0 spiro atoms. The van der Waals surface area contributed by atoms with Crippen LogP contribution < -0.4 is 5.63 Å². The number of aryl methyl sites for hydroxylation is 1. The second-order valence-corrected chi connectivity index (χ2v) is 5.70. The summed E-state index contributed by atoms with van der Waals surface area (Å²) >= 11 is 0. The number of halogens is 1. The van der Waals surface area contributed by atoms with Crippen molar-refractivity contribution < 1.29 is 12.9 Å². The number of hydrogen-bond acceptors (Lipinski definition) is 4. The smallest absolute Gasteiger partial charge is 0.335 e. The van der Waals surface area contributed by atoms with Gasteiger partial charge in [-0.2, -0.15) is 0 Å². The van der Waals surface area contributed by atoms with Crippen molar-refractivity contribution in [3.05, 3.63) is 28.6 Å². The van der Waals surface area contributed by atoms with Gasteiger partial charge in [0.15, 0.2) is 0 Å². The molecule has 0 atom stereocenters. The van der Waals surface area contributed by atoms with E-state index in [9.17, 15) is 13.2 Å². The Balaban J connectivity index is 3.00. The number of nitrogens with zero attached hydrogens (tertiary/aromatic N) is 1. The highest BCUT2D eigenvalue weighted by Gasteiger charge is 2.20. The molecule has 2 aromatic rings. The highest BCUT2D eigenvalue weighted by Crippen LogP contribution is 2.23. The lowest BCUT2D eigenvalue weighted by Crippen LogP contribution is -1.99. The predicted molar refractivity (Wildman–Crippen MR) is 59.2 cm³/mol. The maximum absolute atomic E-state index is 11.5. The van der Waals surface area contributed by atoms with Crippen LogP contribution in [-0.2, 0) is 15.6 Å². The molecule has 0 N–H and O–H groups in total. The lowest BCUT2D eigenvalue weighted by Gasteiger charge is -1.98. The molecule has 0 unspecified atom stereocenters. The van der Waals surface area contributed by atoms with Gasteiger partial charge in [-0.15, -0.1) is 0 Å². The van der Waals surface area contributed by atoms with Crippen LogP contribution in [0, 0.1) is 0 Å². The first kappa shape index (κ1) is 11.2. The Hall–Kier alpha value is -1.27. The topological polar surface area (TPSA) is 69.3 Å².